The molecule has 7 heteroatoms. The average Bonchev–Trinajstić information content (AvgIpc) is 3.50. The molecule has 2 aliphatic heterocycles. The van der Waals surface area contributed by atoms with Crippen molar-refractivity contribution in [3.05, 3.63) is 77.1 Å². The Morgan fingerprint density at radius 3 is 2.76 bits per heavy atom. The van der Waals surface area contributed by atoms with Crippen molar-refractivity contribution in [2.45, 2.75) is 31.3 Å². The number of rotatable bonds is 3. The Hall–Kier alpha value is -3.51. The van der Waals surface area contributed by atoms with Crippen molar-refractivity contribution in [2.75, 3.05) is 13.1 Å². The molecule has 0 saturated carbocycles. The van der Waals surface area contributed by atoms with E-state index in [9.17, 15) is 9.90 Å². The van der Waals surface area contributed by atoms with Crippen molar-refractivity contribution in [2.24, 2.45) is 0 Å². The van der Waals surface area contributed by atoms with Gasteiger partial charge in [-0.2, -0.15) is 0 Å². The van der Waals surface area contributed by atoms with Crippen LogP contribution in [-0.2, 0) is 11.2 Å². The number of carbonyl (C=O) groups excluding carboxylic acids is 1. The third-order valence-electron chi connectivity index (χ3n) is 7.01. The number of aromatic hydroxyl groups is 1. The Labute approximate surface area is 202 Å². The summed E-state index contributed by atoms with van der Waals surface area (Å²) in [7, 11) is 0. The van der Waals surface area contributed by atoms with Gasteiger partial charge < -0.3 is 19.7 Å². The number of para-hydroxylation sites is 1. The summed E-state index contributed by atoms with van der Waals surface area (Å²) in [6.45, 7) is 1.30. The van der Waals surface area contributed by atoms with Crippen LogP contribution >= 0.6 is 11.6 Å². The highest BCUT2D eigenvalue weighted by Crippen LogP contribution is 2.43. The van der Waals surface area contributed by atoms with Crippen molar-refractivity contribution in [3.63, 3.8) is 0 Å². The van der Waals surface area contributed by atoms with Gasteiger partial charge >= 0.3 is 0 Å². The van der Waals surface area contributed by atoms with Gasteiger partial charge in [-0.3, -0.25) is 4.79 Å². The number of hydrogen-bond donors (Lipinski definition) is 2. The second kappa shape index (κ2) is 8.37. The highest BCUT2D eigenvalue weighted by atomic mass is 35.5. The lowest BCUT2D eigenvalue weighted by atomic mass is 9.88. The Kier molecular flexibility index (Phi) is 5.18. The van der Waals surface area contributed by atoms with Crippen LogP contribution in [-0.4, -0.2) is 45.1 Å². The number of nitrogens with zero attached hydrogens (tertiary/aromatic N) is 2. The SMILES string of the molecule is O=C(C1Cc2cc(Cl)cc(-c3ccnc4[nH]ccc34)c2O1)N1CCC(c2ccccc2O)CC1. The van der Waals surface area contributed by atoms with Crippen LogP contribution < -0.4 is 4.74 Å². The number of phenolic OH excluding ortho intramolecular Hbond substituents is 1. The first-order chi connectivity index (χ1) is 16.6. The van der Waals surface area contributed by atoms with Gasteiger partial charge in [0.15, 0.2) is 6.10 Å². The number of aromatic nitrogens is 2. The number of aromatic amines is 1. The molecular weight excluding hydrogens is 450 g/mol. The van der Waals surface area contributed by atoms with E-state index in [0.29, 0.717) is 30.3 Å². The maximum absolute atomic E-state index is 13.4. The topological polar surface area (TPSA) is 78.5 Å². The van der Waals surface area contributed by atoms with Gasteiger partial charge in [-0.05, 0) is 60.2 Å². The number of hydrogen-bond acceptors (Lipinski definition) is 4. The van der Waals surface area contributed by atoms with Crippen LogP contribution in [0.5, 0.6) is 11.5 Å². The standard InChI is InChI=1S/C27H24ClN3O3/c28-18-13-17-14-24(27(33)31-11-7-16(8-12-31)19-3-1-2-4-23(19)32)34-25(17)22(15-18)20-5-9-29-26-21(20)6-10-30-26/h1-6,9-10,13,15-16,24,32H,7-8,11-12,14H2,(H,29,30). The van der Waals surface area contributed by atoms with E-state index in [1.807, 2.05) is 53.6 Å². The van der Waals surface area contributed by atoms with Crippen molar-refractivity contribution in [1.82, 2.24) is 14.9 Å². The molecule has 34 heavy (non-hydrogen) atoms. The molecule has 4 aromatic rings. The fourth-order valence-electron chi connectivity index (χ4n) is 5.31. The molecule has 2 aromatic heterocycles. The number of amides is 1. The second-order valence-electron chi connectivity index (χ2n) is 9.01. The zero-order chi connectivity index (χ0) is 23.2. The van der Waals surface area contributed by atoms with Gasteiger partial charge in [-0.25, -0.2) is 4.98 Å². The zero-order valence-electron chi connectivity index (χ0n) is 18.5. The van der Waals surface area contributed by atoms with Crippen LogP contribution in [0.1, 0.15) is 29.9 Å². The lowest BCUT2D eigenvalue weighted by Crippen LogP contribution is -2.45. The molecule has 4 heterocycles. The summed E-state index contributed by atoms with van der Waals surface area (Å²) in [5.74, 6) is 1.32. The van der Waals surface area contributed by atoms with E-state index >= 15 is 0 Å². The number of ether oxygens (including phenoxy) is 1. The third kappa shape index (κ3) is 3.59. The van der Waals surface area contributed by atoms with Crippen LogP contribution in [0.25, 0.3) is 22.2 Å². The second-order valence-corrected chi connectivity index (χ2v) is 9.45. The summed E-state index contributed by atoms with van der Waals surface area (Å²) in [6, 6.07) is 15.2. The van der Waals surface area contributed by atoms with Crippen LogP contribution in [0.15, 0.2) is 60.9 Å². The van der Waals surface area contributed by atoms with Crippen molar-refractivity contribution >= 4 is 28.5 Å². The van der Waals surface area contributed by atoms with Gasteiger partial charge in [-0.1, -0.05) is 29.8 Å². The number of halogens is 1. The summed E-state index contributed by atoms with van der Waals surface area (Å²) in [4.78, 5) is 22.8. The highest BCUT2D eigenvalue weighted by Gasteiger charge is 2.36. The minimum atomic E-state index is -0.558. The first-order valence-electron chi connectivity index (χ1n) is 11.6. The van der Waals surface area contributed by atoms with E-state index < -0.39 is 6.10 Å². The number of phenols is 1. The number of likely N-dealkylation sites (tertiary alicyclic amines) is 1. The molecule has 0 aliphatic carbocycles. The molecule has 6 rings (SSSR count). The highest BCUT2D eigenvalue weighted by molar-refractivity contribution is 6.31. The summed E-state index contributed by atoms with van der Waals surface area (Å²) >= 11 is 6.47. The minimum Gasteiger partial charge on any atom is -0.508 e. The van der Waals surface area contributed by atoms with Crippen LogP contribution in [0, 0.1) is 0 Å². The van der Waals surface area contributed by atoms with Gasteiger partial charge in [-0.15, -0.1) is 0 Å². The number of carbonyl (C=O) groups is 1. The number of H-pyrrole nitrogens is 1. The van der Waals surface area contributed by atoms with E-state index in [4.69, 9.17) is 16.3 Å². The normalized spacial score (nSPS) is 18.1. The predicted molar refractivity (Wildman–Crippen MR) is 131 cm³/mol. The van der Waals surface area contributed by atoms with Gasteiger partial charge in [0.2, 0.25) is 0 Å². The van der Waals surface area contributed by atoms with E-state index in [1.54, 1.807) is 12.3 Å². The molecule has 1 atom stereocenters. The lowest BCUT2D eigenvalue weighted by molar-refractivity contribution is -0.139. The van der Waals surface area contributed by atoms with Crippen molar-refractivity contribution < 1.29 is 14.6 Å². The quantitative estimate of drug-likeness (QED) is 0.423. The Bertz CT molecular complexity index is 1390. The molecule has 1 fully saturated rings. The molecule has 6 nitrogen and oxygen atoms in total. The van der Waals surface area contributed by atoms with Gasteiger partial charge in [0.1, 0.15) is 17.1 Å². The van der Waals surface area contributed by atoms with Gasteiger partial charge in [0, 0.05) is 53.4 Å². The third-order valence-corrected chi connectivity index (χ3v) is 7.22. The van der Waals surface area contributed by atoms with Crippen LogP contribution in [0.4, 0.5) is 0 Å². The van der Waals surface area contributed by atoms with E-state index in [-0.39, 0.29) is 11.8 Å². The summed E-state index contributed by atoms with van der Waals surface area (Å²) in [5.41, 5.74) is 4.56. The largest absolute Gasteiger partial charge is 0.508 e. The fraction of sp³-hybridized carbons (Fsp3) is 0.259. The first kappa shape index (κ1) is 21.1. The molecule has 0 radical (unpaired) electrons. The number of piperidine rings is 1. The molecule has 0 spiro atoms. The molecule has 0 bridgehead atoms. The lowest BCUT2D eigenvalue weighted by Gasteiger charge is -2.33. The molecule has 1 unspecified atom stereocenters. The molecule has 2 N–H and O–H groups in total. The van der Waals surface area contributed by atoms with E-state index in [0.717, 1.165) is 51.9 Å². The monoisotopic (exact) mass is 473 g/mol. The number of benzene rings is 2. The molecule has 2 aromatic carbocycles. The Balaban J connectivity index is 1.22. The maximum Gasteiger partial charge on any atom is 0.263 e. The zero-order valence-corrected chi connectivity index (χ0v) is 19.3. The summed E-state index contributed by atoms with van der Waals surface area (Å²) in [5, 5.41) is 11.8. The summed E-state index contributed by atoms with van der Waals surface area (Å²) in [6.07, 6.45) is 5.21. The minimum absolute atomic E-state index is 0.00975. The van der Waals surface area contributed by atoms with Gasteiger partial charge in [0.05, 0.1) is 0 Å². The predicted octanol–water partition coefficient (Wildman–Crippen LogP) is 5.30. The first-order valence-corrected chi connectivity index (χ1v) is 11.9. The number of pyridine rings is 1. The van der Waals surface area contributed by atoms with Crippen molar-refractivity contribution in [1.29, 1.82) is 0 Å². The average molecular weight is 474 g/mol. The van der Waals surface area contributed by atoms with Crippen LogP contribution in [0.3, 0.4) is 0 Å². The smallest absolute Gasteiger partial charge is 0.263 e. The molecule has 1 amide bonds. The Morgan fingerprint density at radius 2 is 1.94 bits per heavy atom. The summed E-state index contributed by atoms with van der Waals surface area (Å²) < 4.78 is 6.30. The van der Waals surface area contributed by atoms with E-state index in [1.165, 1.54) is 0 Å². The molecular formula is C27H24ClN3O3. The van der Waals surface area contributed by atoms with Crippen molar-refractivity contribution in [3.8, 4) is 22.6 Å². The molecule has 2 aliphatic rings. The molecule has 1 saturated heterocycles. The fourth-order valence-corrected chi connectivity index (χ4v) is 5.55. The van der Waals surface area contributed by atoms with Gasteiger partial charge in [0.25, 0.3) is 5.91 Å². The maximum atomic E-state index is 13.4. The molecule has 172 valence electrons. The Morgan fingerprint density at radius 1 is 1.12 bits per heavy atom. The van der Waals surface area contributed by atoms with Crippen LogP contribution in [0.2, 0.25) is 5.02 Å². The van der Waals surface area contributed by atoms with E-state index in [2.05, 4.69) is 9.97 Å². The number of nitrogens with one attached hydrogen (secondary N) is 1. The number of fused-ring (bicyclic) bond motifs is 2.